The molecule has 0 bridgehead atoms. The third-order valence-electron chi connectivity index (χ3n) is 6.94. The highest BCUT2D eigenvalue weighted by Crippen LogP contribution is 2.54. The van der Waals surface area contributed by atoms with Crippen LogP contribution in [0.3, 0.4) is 0 Å². The maximum Gasteiger partial charge on any atom is 0.323 e. The van der Waals surface area contributed by atoms with Crippen LogP contribution >= 0.6 is 39.0 Å². The number of H-pyrrole nitrogens is 1. The number of fused-ring (bicyclic) bond motifs is 3. The standard InChI is InChI=1S/C28H20BrN3O7S2/c29-14-8-9-18(39-12-19(33)30-17-7-3-5-13-4-1-2-6-15(13)17)16(10-14)21-22-24(40-25-23(21)41-28(38)31-25)27(37)32(26(22)36)11-20(34)35/h1-10,21-22,24H,11-12H2,(H,30,33)(H,31,38)(H,34,35)/t21-,22+,24-/m0/s1. The Kier molecular flexibility index (Phi) is 7.18. The van der Waals surface area contributed by atoms with Gasteiger partial charge in [0.1, 0.15) is 17.5 Å². The first-order valence-electron chi connectivity index (χ1n) is 12.4. The smallest absolute Gasteiger partial charge is 0.323 e. The molecule has 0 aliphatic carbocycles. The molecule has 2 aliphatic rings. The van der Waals surface area contributed by atoms with Crippen LogP contribution in [0.4, 0.5) is 5.69 Å². The van der Waals surface area contributed by atoms with Gasteiger partial charge < -0.3 is 20.1 Å². The number of hydrogen-bond acceptors (Lipinski definition) is 8. The van der Waals surface area contributed by atoms with Gasteiger partial charge in [0.15, 0.2) is 6.61 Å². The van der Waals surface area contributed by atoms with Gasteiger partial charge >= 0.3 is 10.8 Å². The fraction of sp³-hybridized carbons (Fsp3) is 0.179. The van der Waals surface area contributed by atoms with E-state index in [2.05, 4.69) is 26.2 Å². The van der Waals surface area contributed by atoms with E-state index in [1.807, 2.05) is 36.4 Å². The number of aromatic nitrogens is 1. The van der Waals surface area contributed by atoms with Crippen molar-refractivity contribution in [1.82, 2.24) is 9.88 Å². The predicted molar refractivity (Wildman–Crippen MR) is 156 cm³/mol. The Bertz CT molecular complexity index is 1800. The largest absolute Gasteiger partial charge is 0.483 e. The number of hydrogen-bond donors (Lipinski definition) is 3. The number of nitrogens with zero attached hydrogens (tertiary/aromatic N) is 1. The van der Waals surface area contributed by atoms with Crippen molar-refractivity contribution in [3.8, 4) is 5.75 Å². The molecule has 1 saturated heterocycles. The number of aromatic amines is 1. The molecule has 208 valence electrons. The Labute approximate surface area is 248 Å². The first-order chi connectivity index (χ1) is 19.7. The van der Waals surface area contributed by atoms with Crippen molar-refractivity contribution in [2.24, 2.45) is 5.92 Å². The highest BCUT2D eigenvalue weighted by atomic mass is 79.9. The molecule has 0 saturated carbocycles. The van der Waals surface area contributed by atoms with E-state index >= 15 is 0 Å². The van der Waals surface area contributed by atoms with Crippen LogP contribution in [-0.2, 0) is 19.2 Å². The van der Waals surface area contributed by atoms with Crippen LogP contribution in [0.25, 0.3) is 10.8 Å². The molecule has 3 amide bonds. The maximum atomic E-state index is 13.5. The number of carboxylic acid groups (broad SMARTS) is 1. The number of ether oxygens (including phenoxy) is 1. The van der Waals surface area contributed by atoms with Crippen LogP contribution in [0.5, 0.6) is 5.75 Å². The highest BCUT2D eigenvalue weighted by molar-refractivity contribution is 9.10. The minimum atomic E-state index is -1.31. The van der Waals surface area contributed by atoms with Gasteiger partial charge in [0, 0.05) is 31.9 Å². The molecule has 1 fully saturated rings. The van der Waals surface area contributed by atoms with Gasteiger partial charge in [-0.25, -0.2) is 0 Å². The van der Waals surface area contributed by atoms with E-state index in [1.165, 1.54) is 0 Å². The molecule has 3 heterocycles. The van der Waals surface area contributed by atoms with E-state index in [0.29, 0.717) is 31.4 Å². The number of halogens is 1. The van der Waals surface area contributed by atoms with E-state index < -0.39 is 47.3 Å². The molecule has 1 aromatic heterocycles. The molecule has 3 N–H and O–H groups in total. The van der Waals surface area contributed by atoms with Crippen LogP contribution in [0.1, 0.15) is 16.4 Å². The Morgan fingerprint density at radius 3 is 2.63 bits per heavy atom. The summed E-state index contributed by atoms with van der Waals surface area (Å²) in [6.45, 7) is -1.10. The zero-order valence-corrected chi connectivity index (χ0v) is 24.2. The molecule has 10 nitrogen and oxygen atoms in total. The molecule has 3 aromatic carbocycles. The second kappa shape index (κ2) is 10.8. The minimum Gasteiger partial charge on any atom is -0.483 e. The number of aliphatic carboxylic acids is 1. The lowest BCUT2D eigenvalue weighted by Gasteiger charge is -2.31. The first kappa shape index (κ1) is 27.2. The summed E-state index contributed by atoms with van der Waals surface area (Å²) in [5.74, 6) is -4.43. The Morgan fingerprint density at radius 1 is 1.05 bits per heavy atom. The monoisotopic (exact) mass is 653 g/mol. The number of carboxylic acids is 1. The second-order valence-corrected chi connectivity index (χ2v) is 12.5. The number of thiazole rings is 1. The number of anilines is 1. The van der Waals surface area contributed by atoms with Gasteiger partial charge in [-0.3, -0.25) is 28.9 Å². The summed E-state index contributed by atoms with van der Waals surface area (Å²) in [5, 5.41) is 13.6. The molecular weight excluding hydrogens is 634 g/mol. The topological polar surface area (TPSA) is 146 Å². The molecule has 4 aromatic rings. The average molecular weight is 655 g/mol. The first-order valence-corrected chi connectivity index (χ1v) is 14.9. The lowest BCUT2D eigenvalue weighted by atomic mass is 9.82. The Hall–Kier alpha value is -3.94. The van der Waals surface area contributed by atoms with Gasteiger partial charge in [-0.2, -0.15) is 0 Å². The Morgan fingerprint density at radius 2 is 1.83 bits per heavy atom. The number of carbonyl (C=O) groups excluding carboxylic acids is 3. The average Bonchev–Trinajstić information content (AvgIpc) is 3.43. The van der Waals surface area contributed by atoms with Crippen molar-refractivity contribution >= 4 is 79.2 Å². The summed E-state index contributed by atoms with van der Waals surface area (Å²) in [6, 6.07) is 18.3. The SMILES string of the molecule is O=C(O)CN1C(=O)[C@@H]2[C@H](c3cc(Br)ccc3OCC(=O)Nc3cccc4ccccc34)c3sc(=O)[nH]c3S[C@@H]2C1=O. The van der Waals surface area contributed by atoms with Crippen LogP contribution in [0.2, 0.25) is 0 Å². The van der Waals surface area contributed by atoms with Crippen molar-refractivity contribution in [3.63, 3.8) is 0 Å². The van der Waals surface area contributed by atoms with Crippen LogP contribution < -0.4 is 14.9 Å². The molecule has 0 radical (unpaired) electrons. The van der Waals surface area contributed by atoms with Gasteiger partial charge in [-0.1, -0.05) is 75.4 Å². The number of thioether (sulfide) groups is 1. The third-order valence-corrected chi connectivity index (χ3v) is 9.83. The lowest BCUT2D eigenvalue weighted by molar-refractivity contribution is -0.149. The molecule has 0 spiro atoms. The van der Waals surface area contributed by atoms with Gasteiger partial charge in [0.2, 0.25) is 11.8 Å². The highest BCUT2D eigenvalue weighted by Gasteiger charge is 2.56. The zero-order chi connectivity index (χ0) is 28.8. The van der Waals surface area contributed by atoms with Gasteiger partial charge in [-0.05, 0) is 29.7 Å². The zero-order valence-electron chi connectivity index (χ0n) is 21.0. The predicted octanol–water partition coefficient (Wildman–Crippen LogP) is 4.05. The number of nitrogens with one attached hydrogen (secondary N) is 2. The van der Waals surface area contributed by atoms with Gasteiger partial charge in [0.05, 0.1) is 10.9 Å². The van der Waals surface area contributed by atoms with E-state index in [4.69, 9.17) is 4.74 Å². The summed E-state index contributed by atoms with van der Waals surface area (Å²) in [4.78, 5) is 67.0. The minimum absolute atomic E-state index is 0.292. The van der Waals surface area contributed by atoms with Gasteiger partial charge in [-0.15, -0.1) is 0 Å². The van der Waals surface area contributed by atoms with Crippen LogP contribution in [-0.4, -0.2) is 57.1 Å². The summed E-state index contributed by atoms with van der Waals surface area (Å²) < 4.78 is 6.64. The fourth-order valence-electron chi connectivity index (χ4n) is 5.26. The van der Waals surface area contributed by atoms with E-state index in [1.54, 1.807) is 24.3 Å². The summed E-state index contributed by atoms with van der Waals surface area (Å²) in [6.07, 6.45) is 0. The van der Waals surface area contributed by atoms with Crippen molar-refractivity contribution in [2.45, 2.75) is 16.2 Å². The molecular formula is C28H20BrN3O7S2. The lowest BCUT2D eigenvalue weighted by Crippen LogP contribution is -2.36. The van der Waals surface area contributed by atoms with Crippen LogP contribution in [0.15, 0.2) is 75.0 Å². The fourth-order valence-corrected chi connectivity index (χ4v) is 8.16. The molecule has 0 unspecified atom stereocenters. The van der Waals surface area contributed by atoms with E-state index in [0.717, 1.165) is 38.8 Å². The number of imide groups is 1. The number of likely N-dealkylation sites (tertiary alicyclic amines) is 1. The van der Waals surface area contributed by atoms with Crippen molar-refractivity contribution in [1.29, 1.82) is 0 Å². The van der Waals surface area contributed by atoms with E-state index in [-0.39, 0.29) is 11.5 Å². The van der Waals surface area contributed by atoms with Crippen LogP contribution in [0, 0.1) is 5.92 Å². The number of carbonyl (C=O) groups is 4. The summed E-state index contributed by atoms with van der Waals surface area (Å²) in [5.41, 5.74) is 1.12. The Balaban J connectivity index is 1.33. The number of amides is 3. The molecule has 2 aliphatic heterocycles. The quantitative estimate of drug-likeness (QED) is 0.253. The third kappa shape index (κ3) is 5.04. The van der Waals surface area contributed by atoms with E-state index in [9.17, 15) is 29.1 Å². The summed E-state index contributed by atoms with van der Waals surface area (Å²) in [7, 11) is 0. The second-order valence-electron chi connectivity index (χ2n) is 9.45. The van der Waals surface area contributed by atoms with Gasteiger partial charge in [0.25, 0.3) is 5.91 Å². The molecule has 6 rings (SSSR count). The number of benzene rings is 3. The van der Waals surface area contributed by atoms with Crippen molar-refractivity contribution in [3.05, 3.63) is 85.2 Å². The van der Waals surface area contributed by atoms with Crippen molar-refractivity contribution in [2.75, 3.05) is 18.5 Å². The molecule has 13 heteroatoms. The van der Waals surface area contributed by atoms with Crippen molar-refractivity contribution < 1.29 is 29.0 Å². The normalized spacial score (nSPS) is 19.6. The molecule has 41 heavy (non-hydrogen) atoms. The molecule has 3 atom stereocenters. The summed E-state index contributed by atoms with van der Waals surface area (Å²) >= 11 is 5.43. The number of rotatable bonds is 7. The maximum absolute atomic E-state index is 13.5.